The van der Waals surface area contributed by atoms with Gasteiger partial charge in [0.1, 0.15) is 0 Å². The minimum Gasteiger partial charge on any atom is -0.398 e. The van der Waals surface area contributed by atoms with Gasteiger partial charge in [-0.1, -0.05) is 20.8 Å². The third kappa shape index (κ3) is 4.51. The lowest BCUT2D eigenvalue weighted by molar-refractivity contribution is -0.133. The summed E-state index contributed by atoms with van der Waals surface area (Å²) in [6.45, 7) is 15.1. The smallest absolute Gasteiger partial charge is 0.178 e. The van der Waals surface area contributed by atoms with Gasteiger partial charge in [-0.05, 0) is 62.3 Å². The lowest BCUT2D eigenvalue weighted by atomic mass is 9.77. The van der Waals surface area contributed by atoms with E-state index in [0.29, 0.717) is 25.0 Å². The van der Waals surface area contributed by atoms with Crippen molar-refractivity contribution in [3.05, 3.63) is 23.3 Å². The number of rotatable bonds is 8. The highest BCUT2D eigenvalue weighted by molar-refractivity contribution is 5.67. The van der Waals surface area contributed by atoms with Crippen molar-refractivity contribution in [1.29, 1.82) is 0 Å². The molecule has 0 amide bonds. The van der Waals surface area contributed by atoms with E-state index < -0.39 is 6.29 Å². The lowest BCUT2D eigenvalue weighted by Crippen LogP contribution is -2.54. The van der Waals surface area contributed by atoms with Crippen LogP contribution in [0.2, 0.25) is 0 Å². The minimum absolute atomic E-state index is 0.0270. The molecule has 0 saturated carbocycles. The van der Waals surface area contributed by atoms with Gasteiger partial charge in [-0.25, -0.2) is 0 Å². The third-order valence-corrected chi connectivity index (χ3v) is 5.70. The molecule has 2 atom stereocenters. The van der Waals surface area contributed by atoms with Crippen molar-refractivity contribution in [1.82, 2.24) is 0 Å². The average molecular weight is 365 g/mol. The van der Waals surface area contributed by atoms with Gasteiger partial charge in [0.15, 0.2) is 6.29 Å². The number of nitrogen functional groups attached to an aromatic ring is 1. The quantitative estimate of drug-likeness (QED) is 0.419. The zero-order valence-corrected chi connectivity index (χ0v) is 17.2. The summed E-state index contributed by atoms with van der Waals surface area (Å²) >= 11 is 0. The molecule has 0 fully saturated rings. The van der Waals surface area contributed by atoms with Gasteiger partial charge in [-0.2, -0.15) is 0 Å². The van der Waals surface area contributed by atoms with E-state index in [1.807, 2.05) is 6.92 Å². The van der Waals surface area contributed by atoms with Crippen LogP contribution in [0.5, 0.6) is 0 Å². The van der Waals surface area contributed by atoms with E-state index in [2.05, 4.69) is 51.7 Å². The fraction of sp³-hybridized carbons (Fsp3) is 0.714. The van der Waals surface area contributed by atoms with Crippen molar-refractivity contribution in [2.75, 3.05) is 37.0 Å². The molecule has 1 aliphatic rings. The molecular formula is C21H36N2O3. The molecule has 0 radical (unpaired) electrons. The Labute approximate surface area is 158 Å². The van der Waals surface area contributed by atoms with Crippen LogP contribution in [0.3, 0.4) is 0 Å². The molecule has 0 aliphatic carbocycles. The maximum absolute atomic E-state index is 9.64. The predicted molar refractivity (Wildman–Crippen MR) is 108 cm³/mol. The number of ether oxygens (including phenoxy) is 2. The first-order chi connectivity index (χ1) is 12.2. The van der Waals surface area contributed by atoms with Crippen molar-refractivity contribution in [2.24, 2.45) is 5.92 Å². The molecule has 0 bridgehead atoms. The number of fused-ring (bicyclic) bond motifs is 1. The maximum Gasteiger partial charge on any atom is 0.178 e. The Kier molecular flexibility index (Phi) is 6.94. The number of nitrogens with two attached hydrogens (primary N) is 1. The third-order valence-electron chi connectivity index (χ3n) is 5.70. The highest BCUT2D eigenvalue weighted by Crippen LogP contribution is 2.42. The molecule has 2 rings (SSSR count). The van der Waals surface area contributed by atoms with Crippen LogP contribution >= 0.6 is 0 Å². The molecule has 5 heteroatoms. The van der Waals surface area contributed by atoms with Gasteiger partial charge >= 0.3 is 0 Å². The second-order valence-electron chi connectivity index (χ2n) is 8.16. The summed E-state index contributed by atoms with van der Waals surface area (Å²) in [6, 6.07) is 4.42. The Morgan fingerprint density at radius 2 is 2.04 bits per heavy atom. The summed E-state index contributed by atoms with van der Waals surface area (Å²) < 4.78 is 10.8. The van der Waals surface area contributed by atoms with E-state index in [9.17, 15) is 5.11 Å². The molecule has 2 unspecified atom stereocenters. The first-order valence-corrected chi connectivity index (χ1v) is 9.75. The lowest BCUT2D eigenvalue weighted by Gasteiger charge is -2.49. The van der Waals surface area contributed by atoms with Crippen LogP contribution in [0.4, 0.5) is 11.4 Å². The first-order valence-electron chi connectivity index (χ1n) is 9.75. The Morgan fingerprint density at radius 1 is 1.35 bits per heavy atom. The normalized spacial score (nSPS) is 20.3. The largest absolute Gasteiger partial charge is 0.398 e. The minimum atomic E-state index is -0.854. The van der Waals surface area contributed by atoms with Crippen LogP contribution in [-0.4, -0.2) is 43.3 Å². The standard InChI is InChI=1S/C21H36N2O3/c1-7-26-20(24)13-25-9-8-23-19-12-17(14(2)3)18(22)11-16(19)10-15(4)21(23,5)6/h11-12,14-15,20,24H,7-10,13,22H2,1-6H3. The molecule has 1 aromatic rings. The van der Waals surface area contributed by atoms with Crippen LogP contribution in [-0.2, 0) is 15.9 Å². The Bertz CT molecular complexity index is 601. The van der Waals surface area contributed by atoms with Crippen LogP contribution < -0.4 is 10.6 Å². The van der Waals surface area contributed by atoms with Gasteiger partial charge in [-0.3, -0.25) is 0 Å². The summed E-state index contributed by atoms with van der Waals surface area (Å²) in [5, 5.41) is 9.64. The van der Waals surface area contributed by atoms with Crippen molar-refractivity contribution < 1.29 is 14.6 Å². The molecule has 0 saturated heterocycles. The van der Waals surface area contributed by atoms with Gasteiger partial charge in [0.25, 0.3) is 0 Å². The van der Waals surface area contributed by atoms with E-state index in [4.69, 9.17) is 15.2 Å². The molecular weight excluding hydrogens is 328 g/mol. The van der Waals surface area contributed by atoms with Gasteiger partial charge in [-0.15, -0.1) is 0 Å². The van der Waals surface area contributed by atoms with Crippen molar-refractivity contribution in [3.8, 4) is 0 Å². The van der Waals surface area contributed by atoms with Crippen LogP contribution in [0.1, 0.15) is 58.6 Å². The number of aliphatic hydroxyl groups excluding tert-OH is 1. The molecule has 1 aromatic carbocycles. The fourth-order valence-electron chi connectivity index (χ4n) is 3.73. The predicted octanol–water partition coefficient (Wildman–Crippen LogP) is 3.54. The van der Waals surface area contributed by atoms with E-state index in [1.54, 1.807) is 0 Å². The topological polar surface area (TPSA) is 68.0 Å². The van der Waals surface area contributed by atoms with Gasteiger partial charge < -0.3 is 25.2 Å². The summed E-state index contributed by atoms with van der Waals surface area (Å²) in [6.07, 6.45) is 0.179. The first kappa shape index (κ1) is 21.0. The van der Waals surface area contributed by atoms with E-state index >= 15 is 0 Å². The molecule has 3 N–H and O–H groups in total. The van der Waals surface area contributed by atoms with Crippen molar-refractivity contribution in [3.63, 3.8) is 0 Å². The van der Waals surface area contributed by atoms with Crippen molar-refractivity contribution >= 4 is 11.4 Å². The average Bonchev–Trinajstić information content (AvgIpc) is 2.54. The number of hydrogen-bond acceptors (Lipinski definition) is 5. The van der Waals surface area contributed by atoms with E-state index in [0.717, 1.165) is 18.7 Å². The zero-order chi connectivity index (χ0) is 19.5. The van der Waals surface area contributed by atoms with Gasteiger partial charge in [0.2, 0.25) is 0 Å². The molecule has 1 aliphatic heterocycles. The molecule has 0 spiro atoms. The monoisotopic (exact) mass is 364 g/mol. The van der Waals surface area contributed by atoms with Crippen molar-refractivity contribution in [2.45, 2.75) is 65.7 Å². The van der Waals surface area contributed by atoms with Gasteiger partial charge in [0, 0.05) is 30.1 Å². The highest BCUT2D eigenvalue weighted by atomic mass is 16.6. The second-order valence-corrected chi connectivity index (χ2v) is 8.16. The Hall–Kier alpha value is -1.30. The van der Waals surface area contributed by atoms with Gasteiger partial charge in [0.05, 0.1) is 13.2 Å². The number of aliphatic hydroxyl groups is 1. The Morgan fingerprint density at radius 3 is 2.65 bits per heavy atom. The highest BCUT2D eigenvalue weighted by Gasteiger charge is 2.38. The zero-order valence-electron chi connectivity index (χ0n) is 17.2. The molecule has 5 nitrogen and oxygen atoms in total. The molecule has 1 heterocycles. The van der Waals surface area contributed by atoms with E-state index in [-0.39, 0.29) is 12.1 Å². The molecule has 0 aromatic heterocycles. The number of anilines is 2. The second kappa shape index (κ2) is 8.59. The van der Waals surface area contributed by atoms with E-state index in [1.165, 1.54) is 16.8 Å². The molecule has 148 valence electrons. The van der Waals surface area contributed by atoms with Crippen LogP contribution in [0.25, 0.3) is 0 Å². The maximum atomic E-state index is 9.64. The summed E-state index contributed by atoms with van der Waals surface area (Å²) in [5.41, 5.74) is 11.0. The summed E-state index contributed by atoms with van der Waals surface area (Å²) in [4.78, 5) is 2.44. The number of hydrogen-bond donors (Lipinski definition) is 2. The fourth-order valence-corrected chi connectivity index (χ4v) is 3.73. The Balaban J connectivity index is 2.19. The van der Waals surface area contributed by atoms with Crippen LogP contribution in [0, 0.1) is 5.92 Å². The number of benzene rings is 1. The summed E-state index contributed by atoms with van der Waals surface area (Å²) in [5.74, 6) is 0.899. The van der Waals surface area contributed by atoms with Crippen LogP contribution in [0.15, 0.2) is 12.1 Å². The number of nitrogens with zero attached hydrogens (tertiary/aromatic N) is 1. The summed E-state index contributed by atoms with van der Waals surface area (Å²) in [7, 11) is 0. The SMILES string of the molecule is CCOC(O)COCCN1c2cc(C(C)C)c(N)cc2CC(C)C1(C)C. The molecule has 26 heavy (non-hydrogen) atoms.